The summed E-state index contributed by atoms with van der Waals surface area (Å²) in [5, 5.41) is 3.73. The van der Waals surface area contributed by atoms with Crippen LogP contribution in [0.5, 0.6) is 0 Å². The van der Waals surface area contributed by atoms with Crippen molar-refractivity contribution in [3.8, 4) is 0 Å². The second-order valence-electron chi connectivity index (χ2n) is 5.71. The van der Waals surface area contributed by atoms with Crippen LogP contribution in [0.25, 0.3) is 0 Å². The first-order chi connectivity index (χ1) is 10.6. The largest absolute Gasteiger partial charge is 0.354 e. The van der Waals surface area contributed by atoms with Gasteiger partial charge in [0.15, 0.2) is 0 Å². The van der Waals surface area contributed by atoms with Gasteiger partial charge in [-0.1, -0.05) is 24.1 Å². The van der Waals surface area contributed by atoms with Crippen molar-refractivity contribution in [1.82, 2.24) is 10.2 Å². The molecule has 1 fully saturated rings. The Kier molecular flexibility index (Phi) is 7.15. The number of nitrogens with two attached hydrogens (primary N) is 1. The molecule has 122 valence electrons. The number of carbonyl (C=O) groups excluding carboxylic acids is 1. The van der Waals surface area contributed by atoms with Crippen molar-refractivity contribution < 1.29 is 4.79 Å². The first kappa shape index (κ1) is 17.7. The number of rotatable bonds is 6. The summed E-state index contributed by atoms with van der Waals surface area (Å²) >= 11 is 9.59. The molecule has 0 aliphatic carbocycles. The molecule has 1 saturated heterocycles. The SMILES string of the molecule is NCCC(=O)NCC1CCCCN1Cc1ccc(Br)c(Cl)c1. The highest BCUT2D eigenvalue weighted by molar-refractivity contribution is 9.10. The molecule has 1 aromatic rings. The van der Waals surface area contributed by atoms with Crippen LogP contribution in [0.2, 0.25) is 5.02 Å². The molecule has 22 heavy (non-hydrogen) atoms. The molecule has 1 aliphatic rings. The Morgan fingerprint density at radius 3 is 3.00 bits per heavy atom. The predicted molar refractivity (Wildman–Crippen MR) is 93.9 cm³/mol. The molecule has 1 heterocycles. The Morgan fingerprint density at radius 1 is 1.45 bits per heavy atom. The molecule has 0 aromatic heterocycles. The van der Waals surface area contributed by atoms with E-state index in [0.717, 1.165) is 29.0 Å². The van der Waals surface area contributed by atoms with Gasteiger partial charge < -0.3 is 11.1 Å². The molecule has 0 radical (unpaired) electrons. The van der Waals surface area contributed by atoms with E-state index in [1.165, 1.54) is 18.4 Å². The zero-order valence-electron chi connectivity index (χ0n) is 12.7. The molecule has 4 nitrogen and oxygen atoms in total. The van der Waals surface area contributed by atoms with E-state index in [4.69, 9.17) is 17.3 Å². The maximum Gasteiger partial charge on any atom is 0.221 e. The normalized spacial score (nSPS) is 19.1. The van der Waals surface area contributed by atoms with E-state index in [2.05, 4.69) is 32.2 Å². The van der Waals surface area contributed by atoms with Crippen LogP contribution in [-0.4, -0.2) is 36.5 Å². The molecule has 1 atom stereocenters. The minimum Gasteiger partial charge on any atom is -0.354 e. The lowest BCUT2D eigenvalue weighted by atomic mass is 10.0. The lowest BCUT2D eigenvalue weighted by Crippen LogP contribution is -2.46. The summed E-state index contributed by atoms with van der Waals surface area (Å²) < 4.78 is 0.919. The first-order valence-corrected chi connectivity index (χ1v) is 8.92. The number of likely N-dealkylation sites (tertiary alicyclic amines) is 1. The van der Waals surface area contributed by atoms with Gasteiger partial charge in [-0.2, -0.15) is 0 Å². The number of hydrogen-bond donors (Lipinski definition) is 2. The van der Waals surface area contributed by atoms with Crippen LogP contribution in [0.1, 0.15) is 31.2 Å². The first-order valence-electron chi connectivity index (χ1n) is 7.75. The van der Waals surface area contributed by atoms with Crippen LogP contribution in [0.4, 0.5) is 0 Å². The quantitative estimate of drug-likeness (QED) is 0.788. The number of amides is 1. The highest BCUT2D eigenvalue weighted by atomic mass is 79.9. The second kappa shape index (κ2) is 8.87. The third kappa shape index (κ3) is 5.23. The van der Waals surface area contributed by atoms with Gasteiger partial charge in [0.2, 0.25) is 5.91 Å². The molecule has 2 rings (SSSR count). The molecule has 6 heteroatoms. The summed E-state index contributed by atoms with van der Waals surface area (Å²) in [5.74, 6) is 0.0414. The van der Waals surface area contributed by atoms with Crippen molar-refractivity contribution in [2.24, 2.45) is 5.73 Å². The van der Waals surface area contributed by atoms with Crippen LogP contribution in [-0.2, 0) is 11.3 Å². The van der Waals surface area contributed by atoms with Crippen molar-refractivity contribution in [1.29, 1.82) is 0 Å². The van der Waals surface area contributed by atoms with E-state index in [9.17, 15) is 4.79 Å². The number of carbonyl (C=O) groups is 1. The van der Waals surface area contributed by atoms with Crippen LogP contribution in [0.3, 0.4) is 0 Å². The average molecular weight is 389 g/mol. The van der Waals surface area contributed by atoms with E-state index >= 15 is 0 Å². The number of benzene rings is 1. The number of hydrogen-bond acceptors (Lipinski definition) is 3. The topological polar surface area (TPSA) is 58.4 Å². The van der Waals surface area contributed by atoms with Gasteiger partial charge >= 0.3 is 0 Å². The Morgan fingerprint density at radius 2 is 2.27 bits per heavy atom. The van der Waals surface area contributed by atoms with Crippen LogP contribution >= 0.6 is 27.5 Å². The van der Waals surface area contributed by atoms with Gasteiger partial charge in [0, 0.05) is 36.6 Å². The summed E-state index contributed by atoms with van der Waals surface area (Å²) in [6, 6.07) is 6.47. The zero-order chi connectivity index (χ0) is 15.9. The minimum atomic E-state index is 0.0414. The smallest absolute Gasteiger partial charge is 0.221 e. The summed E-state index contributed by atoms with van der Waals surface area (Å²) in [7, 11) is 0. The zero-order valence-corrected chi connectivity index (χ0v) is 15.0. The lowest BCUT2D eigenvalue weighted by Gasteiger charge is -2.36. The highest BCUT2D eigenvalue weighted by Gasteiger charge is 2.22. The molecule has 1 aliphatic heterocycles. The van der Waals surface area contributed by atoms with E-state index in [1.807, 2.05) is 12.1 Å². The maximum atomic E-state index is 11.6. The van der Waals surface area contributed by atoms with E-state index in [-0.39, 0.29) is 5.91 Å². The Bertz CT molecular complexity index is 512. The van der Waals surface area contributed by atoms with Gasteiger partial charge in [0.1, 0.15) is 0 Å². The van der Waals surface area contributed by atoms with Crippen molar-refractivity contribution in [2.45, 2.75) is 38.3 Å². The lowest BCUT2D eigenvalue weighted by molar-refractivity contribution is -0.121. The minimum absolute atomic E-state index is 0.0414. The molecule has 1 amide bonds. The van der Waals surface area contributed by atoms with Crippen molar-refractivity contribution in [3.63, 3.8) is 0 Å². The molecule has 0 spiro atoms. The Balaban J connectivity index is 1.94. The van der Waals surface area contributed by atoms with E-state index in [0.29, 0.717) is 25.6 Å². The van der Waals surface area contributed by atoms with Crippen LogP contribution in [0.15, 0.2) is 22.7 Å². The van der Waals surface area contributed by atoms with Crippen molar-refractivity contribution in [3.05, 3.63) is 33.3 Å². The summed E-state index contributed by atoms with van der Waals surface area (Å²) in [6.07, 6.45) is 3.94. The van der Waals surface area contributed by atoms with Crippen molar-refractivity contribution in [2.75, 3.05) is 19.6 Å². The summed E-state index contributed by atoms with van der Waals surface area (Å²) in [4.78, 5) is 14.0. The van der Waals surface area contributed by atoms with Gasteiger partial charge in [-0.15, -0.1) is 0 Å². The fourth-order valence-corrected chi connectivity index (χ4v) is 3.27. The average Bonchev–Trinajstić information content (AvgIpc) is 2.50. The molecule has 0 saturated carbocycles. The fraction of sp³-hybridized carbons (Fsp3) is 0.562. The number of piperidine rings is 1. The molecule has 1 unspecified atom stereocenters. The van der Waals surface area contributed by atoms with Gasteiger partial charge in [0.25, 0.3) is 0 Å². The molecular weight excluding hydrogens is 366 g/mol. The van der Waals surface area contributed by atoms with E-state index in [1.54, 1.807) is 0 Å². The Labute approximate surface area is 145 Å². The van der Waals surface area contributed by atoms with Gasteiger partial charge in [-0.3, -0.25) is 9.69 Å². The predicted octanol–water partition coefficient (Wildman–Crippen LogP) is 2.92. The second-order valence-corrected chi connectivity index (χ2v) is 6.97. The standard InChI is InChI=1S/C16H23BrClN3O/c17-14-5-4-12(9-15(14)18)11-21-8-2-1-3-13(21)10-20-16(22)6-7-19/h4-5,9,13H,1-3,6-8,10-11,19H2,(H,20,22). The van der Waals surface area contributed by atoms with Gasteiger partial charge in [-0.25, -0.2) is 0 Å². The number of nitrogens with one attached hydrogen (secondary N) is 1. The molecular formula is C16H23BrClN3O. The summed E-state index contributed by atoms with van der Waals surface area (Å²) in [5.41, 5.74) is 6.61. The Hall–Kier alpha value is -0.620. The molecule has 3 N–H and O–H groups in total. The highest BCUT2D eigenvalue weighted by Crippen LogP contribution is 2.25. The number of halogens is 2. The van der Waals surface area contributed by atoms with E-state index < -0.39 is 0 Å². The summed E-state index contributed by atoms with van der Waals surface area (Å²) in [6.45, 7) is 3.02. The van der Waals surface area contributed by atoms with Crippen LogP contribution in [0, 0.1) is 0 Å². The molecule has 1 aromatic carbocycles. The van der Waals surface area contributed by atoms with Crippen LogP contribution < -0.4 is 11.1 Å². The third-order valence-electron chi connectivity index (χ3n) is 4.03. The number of nitrogens with zero attached hydrogens (tertiary/aromatic N) is 1. The van der Waals surface area contributed by atoms with Gasteiger partial charge in [0.05, 0.1) is 5.02 Å². The fourth-order valence-electron chi connectivity index (χ4n) is 2.82. The molecule has 0 bridgehead atoms. The maximum absolute atomic E-state index is 11.6. The van der Waals surface area contributed by atoms with Gasteiger partial charge in [-0.05, 0) is 53.0 Å². The third-order valence-corrected chi connectivity index (χ3v) is 5.26. The monoisotopic (exact) mass is 387 g/mol. The van der Waals surface area contributed by atoms with Crippen molar-refractivity contribution >= 4 is 33.4 Å².